The van der Waals surface area contributed by atoms with E-state index >= 15 is 0 Å². The minimum atomic E-state index is -0.783. The standard InChI is InChI=1S/C22H30O6/c1-10(2)15-20(28-11(3)23)18(26)17-19-16-12(9-27-19)13(24)8-14(25)21(16,4)6-7-22(15,17)5/h10,14-15,17,19-20,25H,6-9H2,1-5H3/t14-,15-,17+,19-,20+,21+,22+/m0/s1. The first kappa shape index (κ1) is 19.8. The summed E-state index contributed by atoms with van der Waals surface area (Å²) < 4.78 is 11.6. The number of hydrogen-bond acceptors (Lipinski definition) is 6. The summed E-state index contributed by atoms with van der Waals surface area (Å²) >= 11 is 0. The summed E-state index contributed by atoms with van der Waals surface area (Å²) in [6.45, 7) is 9.75. The van der Waals surface area contributed by atoms with Crippen molar-refractivity contribution in [2.45, 2.75) is 72.2 Å². The van der Waals surface area contributed by atoms with Crippen molar-refractivity contribution in [3.8, 4) is 0 Å². The number of aliphatic hydroxyl groups is 1. The highest BCUT2D eigenvalue weighted by molar-refractivity contribution is 6.00. The van der Waals surface area contributed by atoms with Gasteiger partial charge in [0.1, 0.15) is 0 Å². The van der Waals surface area contributed by atoms with Gasteiger partial charge in [0, 0.05) is 30.3 Å². The second kappa shape index (κ2) is 6.23. The summed E-state index contributed by atoms with van der Waals surface area (Å²) in [5, 5.41) is 10.8. The number of carbonyl (C=O) groups is 3. The Balaban J connectivity index is 1.87. The highest BCUT2D eigenvalue weighted by Crippen LogP contribution is 2.63. The number of ether oxygens (including phenoxy) is 2. The minimum absolute atomic E-state index is 0.0755. The molecule has 6 nitrogen and oxygen atoms in total. The molecule has 28 heavy (non-hydrogen) atoms. The fourth-order valence-electron chi connectivity index (χ4n) is 6.67. The van der Waals surface area contributed by atoms with Gasteiger partial charge in [0.15, 0.2) is 17.7 Å². The van der Waals surface area contributed by atoms with Crippen LogP contribution < -0.4 is 0 Å². The molecule has 1 N–H and O–H groups in total. The van der Waals surface area contributed by atoms with Crippen molar-refractivity contribution in [3.63, 3.8) is 0 Å². The molecule has 1 aliphatic heterocycles. The van der Waals surface area contributed by atoms with E-state index in [0.29, 0.717) is 18.4 Å². The van der Waals surface area contributed by atoms with E-state index in [9.17, 15) is 19.5 Å². The number of ketones is 2. The molecule has 4 aliphatic rings. The molecule has 3 aliphatic carbocycles. The van der Waals surface area contributed by atoms with Crippen molar-refractivity contribution in [2.75, 3.05) is 6.61 Å². The molecule has 0 spiro atoms. The normalized spacial score (nSPS) is 45.2. The average molecular weight is 390 g/mol. The lowest BCUT2D eigenvalue weighted by Gasteiger charge is -2.40. The Hall–Kier alpha value is -1.53. The maximum absolute atomic E-state index is 13.6. The van der Waals surface area contributed by atoms with Crippen molar-refractivity contribution in [3.05, 3.63) is 11.1 Å². The van der Waals surface area contributed by atoms with Gasteiger partial charge in [-0.1, -0.05) is 27.7 Å². The van der Waals surface area contributed by atoms with Crippen LogP contribution in [0.3, 0.4) is 0 Å². The Morgan fingerprint density at radius 3 is 2.54 bits per heavy atom. The molecule has 4 rings (SSSR count). The van der Waals surface area contributed by atoms with Crippen LogP contribution in [0.15, 0.2) is 11.1 Å². The monoisotopic (exact) mass is 390 g/mol. The van der Waals surface area contributed by atoms with Crippen LogP contribution in [0.1, 0.15) is 53.9 Å². The molecule has 0 aromatic heterocycles. The molecule has 0 radical (unpaired) electrons. The predicted octanol–water partition coefficient (Wildman–Crippen LogP) is 2.22. The number of hydrogen-bond donors (Lipinski definition) is 1. The maximum atomic E-state index is 13.6. The van der Waals surface area contributed by atoms with E-state index in [1.54, 1.807) is 0 Å². The molecular formula is C22H30O6. The molecule has 0 aromatic rings. The first-order valence-corrected chi connectivity index (χ1v) is 10.3. The number of fused-ring (bicyclic) bond motifs is 2. The topological polar surface area (TPSA) is 89.9 Å². The van der Waals surface area contributed by atoms with Gasteiger partial charge in [-0.3, -0.25) is 14.4 Å². The number of carbonyl (C=O) groups excluding carboxylic acids is 3. The number of aliphatic hydroxyl groups excluding tert-OH is 1. The molecule has 2 fully saturated rings. The van der Waals surface area contributed by atoms with Gasteiger partial charge in [0.25, 0.3) is 0 Å². The van der Waals surface area contributed by atoms with Gasteiger partial charge < -0.3 is 14.6 Å². The largest absolute Gasteiger partial charge is 0.454 e. The third-order valence-electron chi connectivity index (χ3n) is 7.96. The van der Waals surface area contributed by atoms with Gasteiger partial charge in [-0.05, 0) is 29.7 Å². The summed E-state index contributed by atoms with van der Waals surface area (Å²) in [7, 11) is 0. The zero-order valence-corrected chi connectivity index (χ0v) is 17.3. The van der Waals surface area contributed by atoms with Gasteiger partial charge in [-0.2, -0.15) is 0 Å². The highest BCUT2D eigenvalue weighted by Gasteiger charge is 2.67. The fraction of sp³-hybridized carbons (Fsp3) is 0.773. The SMILES string of the molecule is CC(=O)O[C@H]1C(=O)[C@@H]2[C@H]3OCC4=C3[C@](C)(CC[C@]2(C)[C@H]1C(C)C)[C@@H](O)CC4=O. The number of rotatable bonds is 2. The van der Waals surface area contributed by atoms with Crippen molar-refractivity contribution in [1.29, 1.82) is 0 Å². The lowest BCUT2D eigenvalue weighted by molar-refractivity contribution is -0.155. The van der Waals surface area contributed by atoms with E-state index < -0.39 is 41.0 Å². The Morgan fingerprint density at radius 2 is 1.93 bits per heavy atom. The summed E-state index contributed by atoms with van der Waals surface area (Å²) in [5.41, 5.74) is 0.481. The summed E-state index contributed by atoms with van der Waals surface area (Å²) in [6, 6.07) is 0. The smallest absolute Gasteiger partial charge is 0.303 e. The van der Waals surface area contributed by atoms with Crippen LogP contribution in [0.2, 0.25) is 0 Å². The van der Waals surface area contributed by atoms with Crippen LogP contribution in [0, 0.1) is 28.6 Å². The molecule has 6 heteroatoms. The molecule has 7 atom stereocenters. The van der Waals surface area contributed by atoms with Gasteiger partial charge in [0.2, 0.25) is 0 Å². The molecule has 1 heterocycles. The van der Waals surface area contributed by atoms with Gasteiger partial charge in [-0.15, -0.1) is 0 Å². The summed E-state index contributed by atoms with van der Waals surface area (Å²) in [6.07, 6.45) is -0.569. The maximum Gasteiger partial charge on any atom is 0.303 e. The Bertz CT molecular complexity index is 782. The van der Waals surface area contributed by atoms with Crippen LogP contribution in [-0.4, -0.2) is 47.6 Å². The molecule has 0 aromatic carbocycles. The minimum Gasteiger partial charge on any atom is -0.454 e. The molecule has 0 unspecified atom stereocenters. The van der Waals surface area contributed by atoms with E-state index in [1.165, 1.54) is 6.92 Å². The van der Waals surface area contributed by atoms with E-state index in [1.807, 2.05) is 6.92 Å². The second-order valence-electron chi connectivity index (χ2n) is 9.87. The first-order chi connectivity index (χ1) is 13.0. The molecule has 2 saturated carbocycles. The van der Waals surface area contributed by atoms with Crippen molar-refractivity contribution >= 4 is 17.5 Å². The fourth-order valence-corrected chi connectivity index (χ4v) is 6.67. The van der Waals surface area contributed by atoms with Crippen molar-refractivity contribution in [1.82, 2.24) is 0 Å². The van der Waals surface area contributed by atoms with Crippen LogP contribution in [0.4, 0.5) is 0 Å². The number of Topliss-reactive ketones (excluding diaryl/α,β-unsaturated/α-hetero) is 2. The first-order valence-electron chi connectivity index (χ1n) is 10.3. The third kappa shape index (κ3) is 2.43. The van der Waals surface area contributed by atoms with Crippen molar-refractivity contribution in [2.24, 2.45) is 28.6 Å². The van der Waals surface area contributed by atoms with Crippen LogP contribution >= 0.6 is 0 Å². The summed E-state index contributed by atoms with van der Waals surface area (Å²) in [4.78, 5) is 37.8. The van der Waals surface area contributed by atoms with E-state index in [-0.39, 0.29) is 36.4 Å². The third-order valence-corrected chi connectivity index (χ3v) is 7.96. The predicted molar refractivity (Wildman–Crippen MR) is 100 cm³/mol. The quantitative estimate of drug-likeness (QED) is 0.727. The van der Waals surface area contributed by atoms with Crippen molar-refractivity contribution < 1.29 is 29.0 Å². The van der Waals surface area contributed by atoms with Crippen LogP contribution in [0.5, 0.6) is 0 Å². The lowest BCUT2D eigenvalue weighted by Crippen LogP contribution is -2.44. The Kier molecular flexibility index (Phi) is 4.40. The average Bonchev–Trinajstić information content (AvgIpc) is 3.07. The molecule has 0 bridgehead atoms. The van der Waals surface area contributed by atoms with E-state index in [2.05, 4.69) is 20.8 Å². The highest BCUT2D eigenvalue weighted by atomic mass is 16.5. The zero-order valence-electron chi connectivity index (χ0n) is 17.3. The Labute approximate surface area is 165 Å². The van der Waals surface area contributed by atoms with Gasteiger partial charge >= 0.3 is 5.97 Å². The molecule has 0 amide bonds. The lowest BCUT2D eigenvalue weighted by atomic mass is 9.65. The van der Waals surface area contributed by atoms with Gasteiger partial charge in [0.05, 0.1) is 24.7 Å². The van der Waals surface area contributed by atoms with Crippen LogP contribution in [0.25, 0.3) is 0 Å². The summed E-state index contributed by atoms with van der Waals surface area (Å²) in [5.74, 6) is -1.10. The second-order valence-corrected chi connectivity index (χ2v) is 9.87. The Morgan fingerprint density at radius 1 is 1.25 bits per heavy atom. The van der Waals surface area contributed by atoms with E-state index in [4.69, 9.17) is 9.47 Å². The number of esters is 1. The zero-order chi connectivity index (χ0) is 20.6. The molecular weight excluding hydrogens is 360 g/mol. The van der Waals surface area contributed by atoms with Gasteiger partial charge in [-0.25, -0.2) is 0 Å². The van der Waals surface area contributed by atoms with Crippen LogP contribution in [-0.2, 0) is 23.9 Å². The molecule has 154 valence electrons. The van der Waals surface area contributed by atoms with E-state index in [0.717, 1.165) is 5.57 Å². The molecule has 0 saturated heterocycles.